The lowest BCUT2D eigenvalue weighted by Crippen LogP contribution is -2.17. The van der Waals surface area contributed by atoms with Crippen molar-refractivity contribution in [1.29, 1.82) is 0 Å². The van der Waals surface area contributed by atoms with E-state index in [4.69, 9.17) is 4.74 Å². The van der Waals surface area contributed by atoms with E-state index < -0.39 is 0 Å². The van der Waals surface area contributed by atoms with Gasteiger partial charge in [0.1, 0.15) is 0 Å². The largest absolute Gasteiger partial charge is 0.491 e. The summed E-state index contributed by atoms with van der Waals surface area (Å²) in [5.41, 5.74) is 1.92. The van der Waals surface area contributed by atoms with E-state index in [0.29, 0.717) is 12.3 Å². The van der Waals surface area contributed by atoms with E-state index in [1.165, 1.54) is 7.11 Å². The first-order valence-electron chi connectivity index (χ1n) is 4.53. The molecule has 78 valence electrons. The summed E-state index contributed by atoms with van der Waals surface area (Å²) in [5, 5.41) is 2.73. The molecule has 4 heteroatoms. The van der Waals surface area contributed by atoms with Gasteiger partial charge >= 0.3 is 0 Å². The quantitative estimate of drug-likeness (QED) is 0.890. The van der Waals surface area contributed by atoms with Gasteiger partial charge in [0.05, 0.1) is 7.11 Å². The Hall–Kier alpha value is -1.29. The summed E-state index contributed by atoms with van der Waals surface area (Å²) < 4.78 is 6.09. The van der Waals surface area contributed by atoms with Crippen molar-refractivity contribution in [2.75, 3.05) is 13.7 Å². The third-order valence-electron chi connectivity index (χ3n) is 2.30. The summed E-state index contributed by atoms with van der Waals surface area (Å²) in [6, 6.07) is 7.80. The Labute approximate surface area is 96.3 Å². The second-order valence-corrected chi connectivity index (χ2v) is 4.12. The molecule has 1 aliphatic heterocycles. The highest BCUT2D eigenvalue weighted by molar-refractivity contribution is 9.10. The Bertz CT molecular complexity index is 423. The van der Waals surface area contributed by atoms with Gasteiger partial charge in [-0.1, -0.05) is 28.1 Å². The Morgan fingerprint density at radius 2 is 2.00 bits per heavy atom. The van der Waals surface area contributed by atoms with Crippen LogP contribution in [0.1, 0.15) is 5.56 Å². The number of amides is 1. The van der Waals surface area contributed by atoms with E-state index in [-0.39, 0.29) is 5.91 Å². The topological polar surface area (TPSA) is 38.3 Å². The van der Waals surface area contributed by atoms with Crippen LogP contribution in [0.25, 0.3) is 5.57 Å². The van der Waals surface area contributed by atoms with Crippen molar-refractivity contribution in [3.05, 3.63) is 40.1 Å². The van der Waals surface area contributed by atoms with E-state index in [0.717, 1.165) is 15.6 Å². The molecule has 1 aromatic rings. The number of benzene rings is 1. The van der Waals surface area contributed by atoms with Crippen molar-refractivity contribution < 1.29 is 9.53 Å². The zero-order valence-electron chi connectivity index (χ0n) is 8.21. The Kier molecular flexibility index (Phi) is 2.77. The third-order valence-corrected chi connectivity index (χ3v) is 2.83. The van der Waals surface area contributed by atoms with Gasteiger partial charge in [-0.05, 0) is 17.7 Å². The minimum atomic E-state index is -0.143. The second-order valence-electron chi connectivity index (χ2n) is 3.20. The molecule has 1 amide bonds. The number of carbonyl (C=O) groups is 1. The first kappa shape index (κ1) is 10.2. The molecule has 2 rings (SSSR count). The Morgan fingerprint density at radius 3 is 2.60 bits per heavy atom. The standard InChI is InChI=1S/C11H10BrNO2/c1-15-10-9(6-13-11(10)14)7-2-4-8(12)5-3-7/h2-5H,6H2,1H3,(H,13,14). The predicted octanol–water partition coefficient (Wildman–Crippen LogP) is 1.94. The number of carbonyl (C=O) groups excluding carboxylic acids is 1. The van der Waals surface area contributed by atoms with Crippen LogP contribution in [0.3, 0.4) is 0 Å². The average molecular weight is 268 g/mol. The Balaban J connectivity index is 2.42. The molecule has 0 aromatic heterocycles. The Morgan fingerprint density at radius 1 is 1.33 bits per heavy atom. The molecule has 0 radical (unpaired) electrons. The molecule has 1 heterocycles. The second kappa shape index (κ2) is 4.06. The average Bonchev–Trinajstić information content (AvgIpc) is 2.61. The maximum absolute atomic E-state index is 11.4. The van der Waals surface area contributed by atoms with Gasteiger partial charge in [0.15, 0.2) is 5.76 Å². The summed E-state index contributed by atoms with van der Waals surface area (Å²) in [6.45, 7) is 0.531. The molecule has 0 spiro atoms. The first-order chi connectivity index (χ1) is 7.22. The summed E-state index contributed by atoms with van der Waals surface area (Å²) in [6.07, 6.45) is 0. The number of methoxy groups -OCH3 is 1. The van der Waals surface area contributed by atoms with Gasteiger partial charge in [-0.15, -0.1) is 0 Å². The van der Waals surface area contributed by atoms with Crippen molar-refractivity contribution in [3.63, 3.8) is 0 Å². The number of ether oxygens (including phenoxy) is 1. The zero-order valence-corrected chi connectivity index (χ0v) is 9.80. The number of nitrogens with one attached hydrogen (secondary N) is 1. The SMILES string of the molecule is COC1=C(c2ccc(Br)cc2)CNC1=O. The van der Waals surface area contributed by atoms with E-state index in [9.17, 15) is 4.79 Å². The molecule has 15 heavy (non-hydrogen) atoms. The molecule has 1 aliphatic rings. The molecule has 0 atom stereocenters. The fourth-order valence-electron chi connectivity index (χ4n) is 1.57. The highest BCUT2D eigenvalue weighted by Crippen LogP contribution is 2.24. The predicted molar refractivity (Wildman–Crippen MR) is 61.1 cm³/mol. The molecule has 1 aromatic carbocycles. The smallest absolute Gasteiger partial charge is 0.286 e. The number of rotatable bonds is 2. The number of halogens is 1. The van der Waals surface area contributed by atoms with Crippen LogP contribution in [0.2, 0.25) is 0 Å². The molecule has 0 saturated carbocycles. The monoisotopic (exact) mass is 267 g/mol. The van der Waals surface area contributed by atoms with Crippen molar-refractivity contribution in [3.8, 4) is 0 Å². The lowest BCUT2D eigenvalue weighted by atomic mass is 10.1. The minimum Gasteiger partial charge on any atom is -0.491 e. The van der Waals surface area contributed by atoms with Crippen LogP contribution in [-0.2, 0) is 9.53 Å². The van der Waals surface area contributed by atoms with Crippen LogP contribution < -0.4 is 5.32 Å². The van der Waals surface area contributed by atoms with Crippen LogP contribution in [0.5, 0.6) is 0 Å². The fraction of sp³-hybridized carbons (Fsp3) is 0.182. The van der Waals surface area contributed by atoms with Crippen molar-refractivity contribution in [1.82, 2.24) is 5.32 Å². The molecule has 0 bridgehead atoms. The normalized spacial score (nSPS) is 15.5. The molecular weight excluding hydrogens is 258 g/mol. The van der Waals surface area contributed by atoms with Crippen LogP contribution in [0, 0.1) is 0 Å². The molecule has 0 unspecified atom stereocenters. The fourth-order valence-corrected chi connectivity index (χ4v) is 1.83. The highest BCUT2D eigenvalue weighted by Gasteiger charge is 2.24. The van der Waals surface area contributed by atoms with Gasteiger partial charge < -0.3 is 10.1 Å². The zero-order chi connectivity index (χ0) is 10.8. The molecule has 0 saturated heterocycles. The first-order valence-corrected chi connectivity index (χ1v) is 5.33. The number of hydrogen-bond donors (Lipinski definition) is 1. The number of hydrogen-bond acceptors (Lipinski definition) is 2. The van der Waals surface area contributed by atoms with Gasteiger partial charge in [-0.2, -0.15) is 0 Å². The summed E-state index contributed by atoms with van der Waals surface area (Å²) in [7, 11) is 1.51. The third kappa shape index (κ3) is 1.90. The molecular formula is C11H10BrNO2. The van der Waals surface area contributed by atoms with Gasteiger partial charge in [0.2, 0.25) is 0 Å². The summed E-state index contributed by atoms with van der Waals surface area (Å²) >= 11 is 3.37. The van der Waals surface area contributed by atoms with Crippen molar-refractivity contribution in [2.24, 2.45) is 0 Å². The lowest BCUT2D eigenvalue weighted by Gasteiger charge is -2.03. The summed E-state index contributed by atoms with van der Waals surface area (Å²) in [4.78, 5) is 11.4. The molecule has 1 N–H and O–H groups in total. The van der Waals surface area contributed by atoms with Gasteiger partial charge in [0, 0.05) is 16.6 Å². The van der Waals surface area contributed by atoms with Crippen molar-refractivity contribution >= 4 is 27.4 Å². The van der Waals surface area contributed by atoms with E-state index in [1.54, 1.807) is 0 Å². The van der Waals surface area contributed by atoms with Gasteiger partial charge in [0.25, 0.3) is 5.91 Å². The van der Waals surface area contributed by atoms with Crippen LogP contribution in [0.4, 0.5) is 0 Å². The van der Waals surface area contributed by atoms with Gasteiger partial charge in [-0.25, -0.2) is 0 Å². The maximum atomic E-state index is 11.4. The van der Waals surface area contributed by atoms with Crippen LogP contribution in [0.15, 0.2) is 34.5 Å². The molecule has 3 nitrogen and oxygen atoms in total. The van der Waals surface area contributed by atoms with Crippen molar-refractivity contribution in [2.45, 2.75) is 0 Å². The lowest BCUT2D eigenvalue weighted by molar-refractivity contribution is -0.119. The van der Waals surface area contributed by atoms with E-state index >= 15 is 0 Å². The summed E-state index contributed by atoms with van der Waals surface area (Å²) in [5.74, 6) is 0.271. The highest BCUT2D eigenvalue weighted by atomic mass is 79.9. The van der Waals surface area contributed by atoms with Crippen LogP contribution >= 0.6 is 15.9 Å². The van der Waals surface area contributed by atoms with E-state index in [2.05, 4.69) is 21.2 Å². The maximum Gasteiger partial charge on any atom is 0.286 e. The molecule has 0 fully saturated rings. The molecule has 0 aliphatic carbocycles. The minimum absolute atomic E-state index is 0.143. The van der Waals surface area contributed by atoms with E-state index in [1.807, 2.05) is 24.3 Å². The van der Waals surface area contributed by atoms with Crippen LogP contribution in [-0.4, -0.2) is 19.6 Å². The van der Waals surface area contributed by atoms with Gasteiger partial charge in [-0.3, -0.25) is 4.79 Å².